The van der Waals surface area contributed by atoms with Crippen molar-refractivity contribution in [2.45, 2.75) is 111 Å². The van der Waals surface area contributed by atoms with Crippen LogP contribution in [0.2, 0.25) is 0 Å². The molecule has 0 aromatic heterocycles. The van der Waals surface area contributed by atoms with Crippen LogP contribution in [0.4, 0.5) is 0 Å². The van der Waals surface area contributed by atoms with Crippen LogP contribution in [0.5, 0.6) is 0 Å². The minimum absolute atomic E-state index is 0.720. The third-order valence-corrected chi connectivity index (χ3v) is 7.47. The van der Waals surface area contributed by atoms with Crippen LogP contribution in [0, 0.1) is 0 Å². The maximum Gasteiger partial charge on any atom is 0.364 e. The Hall–Kier alpha value is -1.70. The molecule has 3 aliphatic rings. The molecule has 16 atom stereocenters. The molecule has 1 amide bonds. The van der Waals surface area contributed by atoms with Gasteiger partial charge in [-0.2, -0.15) is 0 Å². The lowest BCUT2D eigenvalue weighted by molar-refractivity contribution is -0.365. The Bertz CT molecular complexity index is 944. The molecule has 0 bridgehead atoms. The van der Waals surface area contributed by atoms with E-state index in [9.17, 15) is 70.9 Å². The molecule has 0 radical (unpaired) electrons. The number of hydrogen-bond donors (Lipinski definition) is 13. The molecule has 3 aliphatic heterocycles. The summed E-state index contributed by atoms with van der Waals surface area (Å²) in [6, 6.07) is -1.48. The molecular weight excluding hydrogens is 594 g/mol. The molecule has 20 nitrogen and oxygen atoms in total. The first-order valence-electron chi connectivity index (χ1n) is 13.2. The number of hydrogen-bond acceptors (Lipinski definition) is 18. The molecule has 3 rings (SSSR count). The van der Waals surface area contributed by atoms with Gasteiger partial charge in [0.15, 0.2) is 12.6 Å². The van der Waals surface area contributed by atoms with E-state index in [0.29, 0.717) is 0 Å². The SMILES string of the molecule is CC(=O)N[C@H]1[C@H]([C@H](O)[C@H](O)CO)O[C@@](OC[C@H]2O[C@H](O[C@@H]3[C@H](O)[C@H](CO)O[C@H](O)[C@H]3O)[C@H](O)[C@@H](O)[C@H]2O)(C(=O)O)C[C@@H]1O. The third-order valence-electron chi connectivity index (χ3n) is 7.47. The minimum atomic E-state index is -2.83. The summed E-state index contributed by atoms with van der Waals surface area (Å²) >= 11 is 0. The van der Waals surface area contributed by atoms with Crippen LogP contribution in [-0.4, -0.2) is 191 Å². The fourth-order valence-corrected chi connectivity index (χ4v) is 5.04. The zero-order valence-corrected chi connectivity index (χ0v) is 22.7. The van der Waals surface area contributed by atoms with Gasteiger partial charge in [0.2, 0.25) is 5.91 Å². The number of amides is 1. The highest BCUT2D eigenvalue weighted by Crippen LogP contribution is 2.35. The number of rotatable bonds is 11. The van der Waals surface area contributed by atoms with Crippen molar-refractivity contribution < 1.29 is 94.6 Å². The fourth-order valence-electron chi connectivity index (χ4n) is 5.04. The summed E-state index contributed by atoms with van der Waals surface area (Å²) in [4.78, 5) is 24.0. The number of carboxylic acids is 1. The maximum atomic E-state index is 12.3. The highest BCUT2D eigenvalue weighted by atomic mass is 16.8. The zero-order chi connectivity index (χ0) is 32.4. The lowest BCUT2D eigenvalue weighted by Crippen LogP contribution is -2.68. The van der Waals surface area contributed by atoms with Crippen LogP contribution in [0.25, 0.3) is 0 Å². The molecule has 20 heteroatoms. The van der Waals surface area contributed by atoms with Crippen LogP contribution in [-0.2, 0) is 33.3 Å². The van der Waals surface area contributed by atoms with Crippen molar-refractivity contribution in [3.8, 4) is 0 Å². The quantitative estimate of drug-likeness (QED) is 0.100. The van der Waals surface area contributed by atoms with E-state index in [0.717, 1.165) is 6.92 Å². The highest BCUT2D eigenvalue weighted by Gasteiger charge is 2.57. The van der Waals surface area contributed by atoms with Gasteiger partial charge in [-0.1, -0.05) is 0 Å². The monoisotopic (exact) mass is 633 g/mol. The van der Waals surface area contributed by atoms with Crippen LogP contribution in [0.3, 0.4) is 0 Å². The molecule has 3 fully saturated rings. The van der Waals surface area contributed by atoms with E-state index >= 15 is 0 Å². The highest BCUT2D eigenvalue weighted by molar-refractivity contribution is 5.76. The zero-order valence-electron chi connectivity index (χ0n) is 22.7. The Morgan fingerprint density at radius 3 is 2.14 bits per heavy atom. The molecule has 0 saturated carbocycles. The van der Waals surface area contributed by atoms with E-state index in [1.165, 1.54) is 0 Å². The van der Waals surface area contributed by atoms with Crippen molar-refractivity contribution in [2.75, 3.05) is 19.8 Å². The second-order valence-electron chi connectivity index (χ2n) is 10.5. The van der Waals surface area contributed by atoms with Crippen molar-refractivity contribution in [2.24, 2.45) is 0 Å². The van der Waals surface area contributed by atoms with Crippen molar-refractivity contribution >= 4 is 11.9 Å². The third kappa shape index (κ3) is 7.58. The van der Waals surface area contributed by atoms with E-state index in [1.807, 2.05) is 0 Å². The summed E-state index contributed by atoms with van der Waals surface area (Å²) in [7, 11) is 0. The molecule has 0 spiro atoms. The van der Waals surface area contributed by atoms with Gasteiger partial charge < -0.3 is 90.3 Å². The molecule has 3 heterocycles. The van der Waals surface area contributed by atoms with E-state index in [-0.39, 0.29) is 0 Å². The second kappa shape index (κ2) is 14.6. The first kappa shape index (κ1) is 35.8. The van der Waals surface area contributed by atoms with E-state index < -0.39 is 136 Å². The predicted octanol–water partition coefficient (Wildman–Crippen LogP) is -8.22. The Labute approximate surface area is 243 Å². The molecule has 0 aliphatic carbocycles. The van der Waals surface area contributed by atoms with Crippen LogP contribution >= 0.6 is 0 Å². The average Bonchev–Trinajstić information content (AvgIpc) is 2.96. The number of nitrogens with one attached hydrogen (secondary N) is 1. The number of carbonyl (C=O) groups excluding carboxylic acids is 1. The largest absolute Gasteiger partial charge is 0.477 e. The van der Waals surface area contributed by atoms with Gasteiger partial charge in [-0.15, -0.1) is 0 Å². The van der Waals surface area contributed by atoms with Crippen LogP contribution < -0.4 is 5.32 Å². The lowest BCUT2D eigenvalue weighted by atomic mass is 9.88. The number of aliphatic carboxylic acids is 1. The standard InChI is InChI=1S/C23H39NO19/c1-6(27)24-11-7(28)2-23(22(37)38,43-18(11)12(30)8(29)3-25)39-5-10-13(31)15(33)16(34)21(41-10)42-19-14(32)9(4-26)40-20(36)17(19)35/h7-21,25-26,28-36H,2-5H2,1H3,(H,24,27)(H,37,38)/t7-,8+,9-,10+,11+,12+,13-,14+,15-,16+,17-,18+,19+,20-,21+,23+/m0/s1. The molecule has 250 valence electrons. The molecule has 0 aromatic carbocycles. The molecular formula is C23H39NO19. The second-order valence-corrected chi connectivity index (χ2v) is 10.5. The summed E-state index contributed by atoms with van der Waals surface area (Å²) in [6.45, 7) is -1.74. The summed E-state index contributed by atoms with van der Waals surface area (Å²) in [6.07, 6.45) is -27.1. The van der Waals surface area contributed by atoms with Crippen LogP contribution in [0.15, 0.2) is 0 Å². The molecule has 43 heavy (non-hydrogen) atoms. The summed E-state index contributed by atoms with van der Waals surface area (Å²) in [5.74, 6) is -5.43. The molecule has 3 saturated heterocycles. The van der Waals surface area contributed by atoms with Crippen LogP contribution in [0.1, 0.15) is 13.3 Å². The molecule has 0 unspecified atom stereocenters. The van der Waals surface area contributed by atoms with Gasteiger partial charge in [-0.25, -0.2) is 4.79 Å². The van der Waals surface area contributed by atoms with E-state index in [2.05, 4.69) is 5.32 Å². The summed E-state index contributed by atoms with van der Waals surface area (Å²) in [5.41, 5.74) is 0. The van der Waals surface area contributed by atoms with Crippen molar-refractivity contribution in [1.29, 1.82) is 0 Å². The van der Waals surface area contributed by atoms with Gasteiger partial charge in [-0.05, 0) is 0 Å². The van der Waals surface area contributed by atoms with Gasteiger partial charge in [0.1, 0.15) is 67.1 Å². The lowest BCUT2D eigenvalue weighted by Gasteiger charge is -2.48. The number of aliphatic hydroxyl groups is 11. The Kier molecular flexibility index (Phi) is 12.1. The Morgan fingerprint density at radius 1 is 0.930 bits per heavy atom. The normalized spacial score (nSPS) is 45.3. The minimum Gasteiger partial charge on any atom is -0.477 e. The first-order valence-corrected chi connectivity index (χ1v) is 13.2. The number of ether oxygens (including phenoxy) is 5. The van der Waals surface area contributed by atoms with E-state index in [1.54, 1.807) is 0 Å². The van der Waals surface area contributed by atoms with Crippen molar-refractivity contribution in [3.63, 3.8) is 0 Å². The van der Waals surface area contributed by atoms with Gasteiger partial charge >= 0.3 is 5.97 Å². The average molecular weight is 634 g/mol. The van der Waals surface area contributed by atoms with Gasteiger partial charge in [0, 0.05) is 13.3 Å². The maximum absolute atomic E-state index is 12.3. The number of aliphatic hydroxyl groups excluding tert-OH is 11. The van der Waals surface area contributed by atoms with Gasteiger partial charge in [0.05, 0.1) is 32.0 Å². The predicted molar refractivity (Wildman–Crippen MR) is 130 cm³/mol. The first-order chi connectivity index (χ1) is 20.1. The van der Waals surface area contributed by atoms with E-state index in [4.69, 9.17) is 23.7 Å². The fraction of sp³-hybridized carbons (Fsp3) is 0.913. The van der Waals surface area contributed by atoms with Crippen molar-refractivity contribution in [3.05, 3.63) is 0 Å². The number of carboxylic acid groups (broad SMARTS) is 1. The summed E-state index contributed by atoms with van der Waals surface area (Å²) < 4.78 is 26.5. The number of carbonyl (C=O) groups is 2. The Morgan fingerprint density at radius 2 is 1.58 bits per heavy atom. The Balaban J connectivity index is 1.82. The topological polar surface area (TPSA) is 335 Å². The van der Waals surface area contributed by atoms with Gasteiger partial charge in [-0.3, -0.25) is 4.79 Å². The summed E-state index contributed by atoms with van der Waals surface area (Å²) in [5, 5.41) is 124. The molecule has 13 N–H and O–H groups in total. The van der Waals surface area contributed by atoms with Gasteiger partial charge in [0.25, 0.3) is 5.79 Å². The molecule has 0 aromatic rings. The smallest absolute Gasteiger partial charge is 0.364 e. The van der Waals surface area contributed by atoms with Crippen molar-refractivity contribution in [1.82, 2.24) is 5.32 Å².